The molecule has 1 atom stereocenters. The van der Waals surface area contributed by atoms with Crippen LogP contribution in [0.1, 0.15) is 6.92 Å². The van der Waals surface area contributed by atoms with Crippen LogP contribution in [-0.4, -0.2) is 41.8 Å². The lowest BCUT2D eigenvalue weighted by Crippen LogP contribution is -2.34. The first-order chi connectivity index (χ1) is 12.3. The first-order valence-corrected chi connectivity index (χ1v) is 7.55. The third-order valence-corrected chi connectivity index (χ3v) is 3.43. The topological polar surface area (TPSA) is 89.2 Å². The van der Waals surface area contributed by atoms with Gasteiger partial charge in [-0.25, -0.2) is 13.5 Å². The van der Waals surface area contributed by atoms with Crippen molar-refractivity contribution >= 4 is 11.8 Å². The standard InChI is InChI=1S/C17H18F2N4O3/c1-10(16(25-3)17(24)21-2)8-14(20)26-15-6-7-23(22-15)13-5-4-11(18)9-12(13)19/h4-9,16,20H,1-3H3,(H,21,24)/b10-8-,20-14?. The highest BCUT2D eigenvalue weighted by atomic mass is 19.1. The molecule has 26 heavy (non-hydrogen) atoms. The Morgan fingerprint density at radius 2 is 2.12 bits per heavy atom. The van der Waals surface area contributed by atoms with Crippen LogP contribution < -0.4 is 10.1 Å². The number of nitrogens with one attached hydrogen (secondary N) is 2. The van der Waals surface area contributed by atoms with Gasteiger partial charge in [0.2, 0.25) is 11.8 Å². The van der Waals surface area contributed by atoms with Gasteiger partial charge >= 0.3 is 0 Å². The van der Waals surface area contributed by atoms with Gasteiger partial charge in [-0.3, -0.25) is 10.2 Å². The summed E-state index contributed by atoms with van der Waals surface area (Å²) in [6.07, 6.45) is 1.88. The number of aromatic nitrogens is 2. The minimum absolute atomic E-state index is 0.0386. The van der Waals surface area contributed by atoms with Crippen LogP contribution >= 0.6 is 0 Å². The van der Waals surface area contributed by atoms with Crippen molar-refractivity contribution in [1.82, 2.24) is 15.1 Å². The van der Waals surface area contributed by atoms with Gasteiger partial charge in [-0.1, -0.05) is 0 Å². The summed E-state index contributed by atoms with van der Waals surface area (Å²) in [7, 11) is 2.85. The molecule has 1 aromatic carbocycles. The highest BCUT2D eigenvalue weighted by molar-refractivity contribution is 5.90. The predicted molar refractivity (Wildman–Crippen MR) is 90.5 cm³/mol. The third kappa shape index (κ3) is 4.51. The molecule has 1 aromatic heterocycles. The Hall–Kier alpha value is -3.07. The normalized spacial score (nSPS) is 12.6. The summed E-state index contributed by atoms with van der Waals surface area (Å²) >= 11 is 0. The molecular weight excluding hydrogens is 346 g/mol. The van der Waals surface area contributed by atoms with Gasteiger partial charge in [0.1, 0.15) is 11.5 Å². The second kappa shape index (κ2) is 8.34. The number of nitrogens with zero attached hydrogens (tertiary/aromatic N) is 2. The zero-order valence-corrected chi connectivity index (χ0v) is 14.4. The smallest absolute Gasteiger partial charge is 0.253 e. The van der Waals surface area contributed by atoms with Crippen molar-refractivity contribution in [2.75, 3.05) is 14.2 Å². The summed E-state index contributed by atoms with van der Waals surface area (Å²) in [6, 6.07) is 4.52. The lowest BCUT2D eigenvalue weighted by Gasteiger charge is -2.14. The number of carbonyl (C=O) groups is 1. The number of rotatable bonds is 6. The number of halogens is 2. The molecule has 2 aromatic rings. The van der Waals surface area contributed by atoms with Crippen LogP contribution in [0.3, 0.4) is 0 Å². The monoisotopic (exact) mass is 364 g/mol. The van der Waals surface area contributed by atoms with E-state index in [9.17, 15) is 13.6 Å². The number of methoxy groups -OCH3 is 1. The number of likely N-dealkylation sites (N-methyl/N-ethyl adjacent to an activating group) is 1. The second-order valence-electron chi connectivity index (χ2n) is 5.28. The minimum atomic E-state index is -0.852. The molecule has 0 saturated heterocycles. The molecule has 0 saturated carbocycles. The lowest BCUT2D eigenvalue weighted by molar-refractivity contribution is -0.128. The van der Waals surface area contributed by atoms with Crippen molar-refractivity contribution in [3.8, 4) is 11.6 Å². The van der Waals surface area contributed by atoms with E-state index in [4.69, 9.17) is 14.9 Å². The van der Waals surface area contributed by atoms with Crippen molar-refractivity contribution in [3.63, 3.8) is 0 Å². The van der Waals surface area contributed by atoms with Crippen LogP contribution in [0.15, 0.2) is 42.1 Å². The van der Waals surface area contributed by atoms with Crippen LogP contribution in [0.2, 0.25) is 0 Å². The zero-order chi connectivity index (χ0) is 19.3. The largest absolute Gasteiger partial charge is 0.420 e. The predicted octanol–water partition coefficient (Wildman–Crippen LogP) is 2.21. The van der Waals surface area contributed by atoms with Crippen molar-refractivity contribution in [2.24, 2.45) is 0 Å². The van der Waals surface area contributed by atoms with Crippen LogP contribution in [-0.2, 0) is 9.53 Å². The summed E-state index contributed by atoms with van der Waals surface area (Å²) in [6.45, 7) is 1.62. The van der Waals surface area contributed by atoms with E-state index in [0.29, 0.717) is 5.57 Å². The van der Waals surface area contributed by atoms with E-state index in [2.05, 4.69) is 10.4 Å². The van der Waals surface area contributed by atoms with Crippen molar-refractivity contribution < 1.29 is 23.0 Å². The average molecular weight is 364 g/mol. The Morgan fingerprint density at radius 1 is 1.38 bits per heavy atom. The molecule has 0 aliphatic carbocycles. The number of amides is 1. The Kier molecular flexibility index (Phi) is 6.18. The van der Waals surface area contributed by atoms with Gasteiger partial charge in [0, 0.05) is 38.6 Å². The van der Waals surface area contributed by atoms with Crippen molar-refractivity contribution in [1.29, 1.82) is 5.41 Å². The number of hydrogen-bond acceptors (Lipinski definition) is 5. The van der Waals surface area contributed by atoms with Gasteiger partial charge in [-0.15, -0.1) is 5.10 Å². The molecule has 1 amide bonds. The van der Waals surface area contributed by atoms with Gasteiger partial charge in [-0.2, -0.15) is 0 Å². The Labute approximate surface area is 148 Å². The Morgan fingerprint density at radius 3 is 2.73 bits per heavy atom. The van der Waals surface area contributed by atoms with Crippen molar-refractivity contribution in [2.45, 2.75) is 13.0 Å². The van der Waals surface area contributed by atoms with Gasteiger partial charge in [-0.05, 0) is 24.6 Å². The minimum Gasteiger partial charge on any atom is -0.420 e. The number of ether oxygens (including phenoxy) is 2. The molecule has 1 heterocycles. The summed E-state index contributed by atoms with van der Waals surface area (Å²) in [5, 5.41) is 14.3. The summed E-state index contributed by atoms with van der Waals surface area (Å²) in [4.78, 5) is 11.7. The van der Waals surface area contributed by atoms with Gasteiger partial charge in [0.25, 0.3) is 5.91 Å². The summed E-state index contributed by atoms with van der Waals surface area (Å²) in [5.74, 6) is -2.07. The molecular formula is C17H18F2N4O3. The molecule has 138 valence electrons. The van der Waals surface area contributed by atoms with E-state index in [1.807, 2.05) is 0 Å². The molecule has 9 heteroatoms. The van der Waals surface area contributed by atoms with E-state index >= 15 is 0 Å². The highest BCUT2D eigenvalue weighted by Gasteiger charge is 2.19. The van der Waals surface area contributed by atoms with E-state index in [1.54, 1.807) is 6.92 Å². The fourth-order valence-electron chi connectivity index (χ4n) is 2.22. The van der Waals surface area contributed by atoms with E-state index < -0.39 is 17.7 Å². The average Bonchev–Trinajstić information content (AvgIpc) is 3.03. The molecule has 7 nitrogen and oxygen atoms in total. The molecule has 0 bridgehead atoms. The molecule has 0 spiro atoms. The molecule has 2 rings (SSSR count). The maximum atomic E-state index is 13.8. The zero-order valence-electron chi connectivity index (χ0n) is 14.4. The maximum Gasteiger partial charge on any atom is 0.253 e. The summed E-state index contributed by atoms with van der Waals surface area (Å²) < 4.78 is 38.2. The molecule has 0 aliphatic rings. The van der Waals surface area contributed by atoms with Gasteiger partial charge in [0.15, 0.2) is 11.9 Å². The number of benzene rings is 1. The van der Waals surface area contributed by atoms with E-state index in [0.717, 1.165) is 16.8 Å². The SMILES string of the molecule is CNC(=O)C(OC)/C(C)=C\C(=N)Oc1ccn(-c2ccc(F)cc2F)n1. The van der Waals surface area contributed by atoms with E-state index in [1.165, 1.54) is 38.6 Å². The van der Waals surface area contributed by atoms with Crippen molar-refractivity contribution in [3.05, 3.63) is 53.7 Å². The van der Waals surface area contributed by atoms with Gasteiger partial charge < -0.3 is 14.8 Å². The number of hydrogen-bond donors (Lipinski definition) is 2. The quantitative estimate of drug-likeness (QED) is 0.608. The summed E-state index contributed by atoms with van der Waals surface area (Å²) in [5.41, 5.74) is 0.499. The molecule has 0 radical (unpaired) electrons. The van der Waals surface area contributed by atoms with Crippen LogP contribution in [0.25, 0.3) is 5.69 Å². The first-order valence-electron chi connectivity index (χ1n) is 7.55. The Bertz CT molecular complexity index is 848. The molecule has 2 N–H and O–H groups in total. The second-order valence-corrected chi connectivity index (χ2v) is 5.28. The Balaban J connectivity index is 2.12. The molecule has 0 aliphatic heterocycles. The van der Waals surface area contributed by atoms with Gasteiger partial charge in [0.05, 0.1) is 0 Å². The van der Waals surface area contributed by atoms with Crippen LogP contribution in [0.5, 0.6) is 5.88 Å². The number of carbonyl (C=O) groups excluding carboxylic acids is 1. The van der Waals surface area contributed by atoms with E-state index in [-0.39, 0.29) is 23.4 Å². The van der Waals surface area contributed by atoms with Crippen LogP contribution in [0.4, 0.5) is 8.78 Å². The third-order valence-electron chi connectivity index (χ3n) is 3.43. The fourth-order valence-corrected chi connectivity index (χ4v) is 2.22. The fraction of sp³-hybridized carbons (Fsp3) is 0.235. The molecule has 1 unspecified atom stereocenters. The lowest BCUT2D eigenvalue weighted by atomic mass is 10.1. The maximum absolute atomic E-state index is 13.8. The van der Waals surface area contributed by atoms with Crippen LogP contribution in [0, 0.1) is 17.0 Å². The first kappa shape index (κ1) is 19.3. The molecule has 0 fully saturated rings. The highest BCUT2D eigenvalue weighted by Crippen LogP contribution is 2.17.